The fourth-order valence-corrected chi connectivity index (χ4v) is 2.62. The van der Waals surface area contributed by atoms with Crippen LogP contribution in [0, 0.1) is 0 Å². The number of aliphatic imine (C=N–C) groups is 1. The van der Waals surface area contributed by atoms with Gasteiger partial charge < -0.3 is 15.5 Å². The normalized spacial score (nSPS) is 10.8. The third kappa shape index (κ3) is 8.87. The van der Waals surface area contributed by atoms with Crippen LogP contribution in [0.5, 0.6) is 0 Å². The lowest BCUT2D eigenvalue weighted by molar-refractivity contribution is 0.0773. The van der Waals surface area contributed by atoms with Gasteiger partial charge in [0, 0.05) is 38.8 Å². The largest absolute Gasteiger partial charge is 0.356 e. The summed E-state index contributed by atoms with van der Waals surface area (Å²) in [6, 6.07) is 7.80. The van der Waals surface area contributed by atoms with Crippen LogP contribution in [0.3, 0.4) is 0 Å². The first-order valence-corrected chi connectivity index (χ1v) is 9.48. The molecule has 2 N–H and O–H groups in total. The molecule has 0 fully saturated rings. The van der Waals surface area contributed by atoms with Gasteiger partial charge in [-0.05, 0) is 38.0 Å². The van der Waals surface area contributed by atoms with Crippen LogP contribution in [0.1, 0.15) is 62.4 Å². The van der Waals surface area contributed by atoms with Gasteiger partial charge >= 0.3 is 0 Å². The number of nitrogens with zero attached hydrogens (tertiary/aromatic N) is 2. The van der Waals surface area contributed by atoms with E-state index in [2.05, 4.69) is 22.5 Å². The Morgan fingerprint density at radius 2 is 1.65 bits per heavy atom. The lowest BCUT2D eigenvalue weighted by atomic mass is 10.1. The van der Waals surface area contributed by atoms with Crippen LogP contribution >= 0.6 is 24.0 Å². The van der Waals surface area contributed by atoms with Crippen LogP contribution in [0.15, 0.2) is 29.3 Å². The summed E-state index contributed by atoms with van der Waals surface area (Å²) in [7, 11) is 1.78. The van der Waals surface area contributed by atoms with E-state index in [1.54, 1.807) is 7.05 Å². The van der Waals surface area contributed by atoms with Gasteiger partial charge in [-0.25, -0.2) is 0 Å². The molecule has 0 saturated heterocycles. The fourth-order valence-electron chi connectivity index (χ4n) is 2.62. The van der Waals surface area contributed by atoms with Crippen LogP contribution in [0.2, 0.25) is 0 Å². The van der Waals surface area contributed by atoms with E-state index in [0.29, 0.717) is 6.54 Å². The van der Waals surface area contributed by atoms with Crippen molar-refractivity contribution in [3.8, 4) is 0 Å². The zero-order chi connectivity index (χ0) is 18.5. The molecule has 0 saturated carbocycles. The minimum Gasteiger partial charge on any atom is -0.356 e. The number of benzene rings is 1. The first kappa shape index (κ1) is 24.7. The van der Waals surface area contributed by atoms with Crippen LogP contribution in [0.4, 0.5) is 0 Å². The summed E-state index contributed by atoms with van der Waals surface area (Å²) in [4.78, 5) is 18.4. The maximum absolute atomic E-state index is 12.3. The van der Waals surface area contributed by atoms with Gasteiger partial charge in [0.25, 0.3) is 5.91 Å². The van der Waals surface area contributed by atoms with Crippen molar-refractivity contribution in [3.63, 3.8) is 0 Å². The van der Waals surface area contributed by atoms with Gasteiger partial charge in [0.05, 0.1) is 0 Å². The molecule has 0 spiro atoms. The molecule has 0 heterocycles. The van der Waals surface area contributed by atoms with E-state index in [1.807, 2.05) is 43.0 Å². The van der Waals surface area contributed by atoms with Crippen molar-refractivity contribution >= 4 is 35.8 Å². The molecule has 6 heteroatoms. The van der Waals surface area contributed by atoms with Crippen molar-refractivity contribution < 1.29 is 4.79 Å². The highest BCUT2D eigenvalue weighted by Gasteiger charge is 2.11. The number of amides is 1. The molecule has 0 aliphatic rings. The number of rotatable bonds is 10. The van der Waals surface area contributed by atoms with E-state index >= 15 is 0 Å². The molecule has 0 unspecified atom stereocenters. The Kier molecular flexibility index (Phi) is 14.1. The number of unbranched alkanes of at least 4 members (excludes halogenated alkanes) is 3. The average Bonchev–Trinajstić information content (AvgIpc) is 2.65. The highest BCUT2D eigenvalue weighted by molar-refractivity contribution is 14.0. The van der Waals surface area contributed by atoms with Crippen LogP contribution in [0.25, 0.3) is 0 Å². The van der Waals surface area contributed by atoms with Gasteiger partial charge in [0.15, 0.2) is 5.96 Å². The third-order valence-corrected chi connectivity index (χ3v) is 4.26. The molecular formula is C20H35IN4O. The zero-order valence-corrected chi connectivity index (χ0v) is 19.0. The molecule has 0 atom stereocenters. The molecule has 5 nitrogen and oxygen atoms in total. The quantitative estimate of drug-likeness (QED) is 0.233. The molecule has 0 radical (unpaired) electrons. The predicted octanol–water partition coefficient (Wildman–Crippen LogP) is 4.03. The van der Waals surface area contributed by atoms with E-state index < -0.39 is 0 Å². The second kappa shape index (κ2) is 14.8. The number of halogens is 1. The number of guanidine groups is 1. The summed E-state index contributed by atoms with van der Waals surface area (Å²) < 4.78 is 0. The van der Waals surface area contributed by atoms with E-state index in [1.165, 1.54) is 19.3 Å². The van der Waals surface area contributed by atoms with Crippen molar-refractivity contribution in [3.05, 3.63) is 35.4 Å². The molecule has 0 aromatic heterocycles. The summed E-state index contributed by atoms with van der Waals surface area (Å²) in [5.41, 5.74) is 1.87. The highest BCUT2D eigenvalue weighted by atomic mass is 127. The van der Waals surface area contributed by atoms with Gasteiger partial charge in [-0.3, -0.25) is 9.79 Å². The van der Waals surface area contributed by atoms with Crippen molar-refractivity contribution in [2.24, 2.45) is 4.99 Å². The number of carbonyl (C=O) groups is 1. The van der Waals surface area contributed by atoms with Crippen molar-refractivity contribution in [2.75, 3.05) is 26.7 Å². The Morgan fingerprint density at radius 1 is 1.00 bits per heavy atom. The molecule has 1 amide bonds. The van der Waals surface area contributed by atoms with Gasteiger partial charge in [0.2, 0.25) is 0 Å². The molecule has 26 heavy (non-hydrogen) atoms. The first-order valence-electron chi connectivity index (χ1n) is 9.48. The number of hydrogen-bond acceptors (Lipinski definition) is 2. The summed E-state index contributed by atoms with van der Waals surface area (Å²) in [5.74, 6) is 0.911. The number of carbonyl (C=O) groups excluding carboxylic acids is 1. The Labute approximate surface area is 176 Å². The Balaban J connectivity index is 0.00000625. The second-order valence-corrected chi connectivity index (χ2v) is 6.09. The summed E-state index contributed by atoms with van der Waals surface area (Å²) >= 11 is 0. The lowest BCUT2D eigenvalue weighted by Gasteiger charge is -2.18. The lowest BCUT2D eigenvalue weighted by Crippen LogP contribution is -2.37. The Bertz CT molecular complexity index is 527. The molecular weight excluding hydrogens is 439 g/mol. The van der Waals surface area contributed by atoms with Gasteiger partial charge in [0.1, 0.15) is 0 Å². The van der Waals surface area contributed by atoms with Crippen LogP contribution in [-0.2, 0) is 6.54 Å². The molecule has 0 aliphatic heterocycles. The smallest absolute Gasteiger partial charge is 0.253 e. The number of nitrogens with one attached hydrogen (secondary N) is 2. The summed E-state index contributed by atoms with van der Waals surface area (Å²) in [6.45, 7) is 9.32. The molecule has 1 aromatic carbocycles. The zero-order valence-electron chi connectivity index (χ0n) is 16.7. The Hall–Kier alpha value is -1.31. The third-order valence-electron chi connectivity index (χ3n) is 4.26. The minimum absolute atomic E-state index is 0. The topological polar surface area (TPSA) is 56.7 Å². The standard InChI is InChI=1S/C20H34N4O.HI/c1-5-8-9-10-15-22-20(21-4)23-16-17-11-13-18(14-12-17)19(25)24(6-2)7-3;/h11-14H,5-10,15-16H2,1-4H3,(H2,21,22,23);1H. The molecule has 0 bridgehead atoms. The van der Waals surface area contributed by atoms with E-state index in [4.69, 9.17) is 0 Å². The molecule has 0 aliphatic carbocycles. The fraction of sp³-hybridized carbons (Fsp3) is 0.600. The second-order valence-electron chi connectivity index (χ2n) is 6.09. The Morgan fingerprint density at radius 3 is 2.19 bits per heavy atom. The van der Waals surface area contributed by atoms with Gasteiger partial charge in [-0.2, -0.15) is 0 Å². The minimum atomic E-state index is 0. The van der Waals surface area contributed by atoms with E-state index in [9.17, 15) is 4.79 Å². The van der Waals surface area contributed by atoms with Gasteiger partial charge in [-0.1, -0.05) is 38.3 Å². The maximum atomic E-state index is 12.3. The molecule has 1 rings (SSSR count). The predicted molar refractivity (Wildman–Crippen MR) is 121 cm³/mol. The SMILES string of the molecule is CCCCCCNC(=NC)NCc1ccc(C(=O)N(CC)CC)cc1.I. The van der Waals surface area contributed by atoms with Crippen LogP contribution < -0.4 is 10.6 Å². The van der Waals surface area contributed by atoms with Gasteiger partial charge in [-0.15, -0.1) is 24.0 Å². The van der Waals surface area contributed by atoms with Crippen molar-refractivity contribution in [2.45, 2.75) is 53.0 Å². The van der Waals surface area contributed by atoms with Crippen molar-refractivity contribution in [1.29, 1.82) is 0 Å². The van der Waals surface area contributed by atoms with E-state index in [0.717, 1.165) is 43.1 Å². The monoisotopic (exact) mass is 474 g/mol. The molecule has 148 valence electrons. The van der Waals surface area contributed by atoms with Crippen LogP contribution in [-0.4, -0.2) is 43.4 Å². The number of hydrogen-bond donors (Lipinski definition) is 2. The summed E-state index contributed by atoms with van der Waals surface area (Å²) in [5, 5.41) is 6.65. The van der Waals surface area contributed by atoms with Crippen molar-refractivity contribution in [1.82, 2.24) is 15.5 Å². The van der Waals surface area contributed by atoms with E-state index in [-0.39, 0.29) is 29.9 Å². The summed E-state index contributed by atoms with van der Waals surface area (Å²) in [6.07, 6.45) is 4.95. The highest BCUT2D eigenvalue weighted by Crippen LogP contribution is 2.08. The molecule has 1 aromatic rings. The average molecular weight is 474 g/mol. The first-order chi connectivity index (χ1) is 12.2. The maximum Gasteiger partial charge on any atom is 0.253 e.